The van der Waals surface area contributed by atoms with Crippen molar-refractivity contribution in [2.24, 2.45) is 0 Å². The highest BCUT2D eigenvalue weighted by Gasteiger charge is 2.11. The van der Waals surface area contributed by atoms with Gasteiger partial charge in [-0.15, -0.1) is 0 Å². The highest BCUT2D eigenvalue weighted by Crippen LogP contribution is 2.12. The molecule has 0 unspecified atom stereocenters. The fourth-order valence-electron chi connectivity index (χ4n) is 1.57. The van der Waals surface area contributed by atoms with Crippen LogP contribution in [0, 0.1) is 20.5 Å². The van der Waals surface area contributed by atoms with E-state index >= 15 is 0 Å². The van der Waals surface area contributed by atoms with Crippen LogP contribution in [0.2, 0.25) is 0 Å². The number of aryl methyl sites for hydroxylation is 2. The summed E-state index contributed by atoms with van der Waals surface area (Å²) in [5.74, 6) is -0.498. The fourth-order valence-corrected chi connectivity index (χ4v) is 1.57. The van der Waals surface area contributed by atoms with Crippen LogP contribution >= 0.6 is 0 Å². The lowest BCUT2D eigenvalue weighted by Gasteiger charge is -2.06. The van der Waals surface area contributed by atoms with E-state index in [2.05, 4.69) is 11.8 Å². The van der Waals surface area contributed by atoms with E-state index < -0.39 is 5.97 Å². The van der Waals surface area contributed by atoms with Crippen LogP contribution in [-0.4, -0.2) is 19.2 Å². The Labute approximate surface area is 114 Å². The number of hydrogen-bond donors (Lipinski definition) is 0. The average molecular weight is 265 g/mol. The van der Waals surface area contributed by atoms with Crippen LogP contribution in [-0.2, 0) is 14.5 Å². The third-order valence-electron chi connectivity index (χ3n) is 2.62. The van der Waals surface area contributed by atoms with E-state index in [0.717, 1.165) is 24.0 Å². The molecule has 1 aromatic rings. The summed E-state index contributed by atoms with van der Waals surface area (Å²) in [5, 5.41) is 0. The zero-order valence-electron chi connectivity index (χ0n) is 11.8. The minimum Gasteiger partial charge on any atom is -0.378 e. The minimum absolute atomic E-state index is 0.306. The van der Waals surface area contributed by atoms with Crippen LogP contribution in [0.3, 0.4) is 0 Å². The largest absolute Gasteiger partial charge is 0.378 e. The average Bonchev–Trinajstić information content (AvgIpc) is 2.37. The first-order valence-electron chi connectivity index (χ1n) is 6.49. The number of rotatable bonds is 8. The lowest BCUT2D eigenvalue weighted by Crippen LogP contribution is -2.09. The Morgan fingerprint density at radius 2 is 2.11 bits per heavy atom. The first-order chi connectivity index (χ1) is 9.15. The van der Waals surface area contributed by atoms with Crippen LogP contribution < -0.4 is 0 Å². The molecule has 4 heteroatoms. The monoisotopic (exact) mass is 265 g/mol. The lowest BCUT2D eigenvalue weighted by atomic mass is 10.1. The van der Waals surface area contributed by atoms with Crippen molar-refractivity contribution in [3.63, 3.8) is 0 Å². The summed E-state index contributed by atoms with van der Waals surface area (Å²) in [7, 11) is 0. The molecule has 1 rings (SSSR count). The van der Waals surface area contributed by atoms with Gasteiger partial charge >= 0.3 is 5.97 Å². The van der Waals surface area contributed by atoms with Crippen molar-refractivity contribution in [1.82, 2.24) is 0 Å². The summed E-state index contributed by atoms with van der Waals surface area (Å²) in [4.78, 5) is 21.1. The molecule has 0 aliphatic rings. The third kappa shape index (κ3) is 5.85. The molecule has 105 valence electrons. The molecule has 0 N–H and O–H groups in total. The topological polar surface area (TPSA) is 44.8 Å². The Bertz CT molecular complexity index is 401. The molecule has 0 bridgehead atoms. The fraction of sp³-hybridized carbons (Fsp3) is 0.467. The molecule has 0 aliphatic heterocycles. The molecule has 0 atom stereocenters. The van der Waals surface area contributed by atoms with Crippen molar-refractivity contribution < 1.29 is 19.3 Å². The summed E-state index contributed by atoms with van der Waals surface area (Å²) in [6.07, 6.45) is 2.10. The Kier molecular flexibility index (Phi) is 7.15. The predicted molar refractivity (Wildman–Crippen MR) is 72.4 cm³/mol. The number of carbonyl (C=O) groups excluding carboxylic acids is 1. The van der Waals surface area contributed by atoms with Crippen LogP contribution in [0.5, 0.6) is 0 Å². The van der Waals surface area contributed by atoms with Gasteiger partial charge in [-0.2, -0.15) is 4.89 Å². The first kappa shape index (κ1) is 15.7. The first-order valence-corrected chi connectivity index (χ1v) is 6.49. The second-order valence-corrected chi connectivity index (χ2v) is 4.38. The van der Waals surface area contributed by atoms with Gasteiger partial charge in [0.15, 0.2) is 6.61 Å². The second kappa shape index (κ2) is 8.67. The van der Waals surface area contributed by atoms with Crippen molar-refractivity contribution in [1.29, 1.82) is 0 Å². The second-order valence-electron chi connectivity index (χ2n) is 4.38. The quantitative estimate of drug-likeness (QED) is 0.410. The van der Waals surface area contributed by atoms with Crippen molar-refractivity contribution in [2.75, 3.05) is 13.2 Å². The van der Waals surface area contributed by atoms with Crippen LogP contribution in [0.4, 0.5) is 0 Å². The summed E-state index contributed by atoms with van der Waals surface area (Å²) in [5.41, 5.74) is 2.48. The number of unbranched alkanes of at least 4 members (excludes halogenated alkanes) is 1. The molecule has 0 heterocycles. The lowest BCUT2D eigenvalue weighted by molar-refractivity contribution is -0.218. The molecule has 0 aromatic heterocycles. The highest BCUT2D eigenvalue weighted by molar-refractivity contribution is 5.90. The molecule has 1 radical (unpaired) electrons. The summed E-state index contributed by atoms with van der Waals surface area (Å²) in [6, 6.07) is 5.52. The summed E-state index contributed by atoms with van der Waals surface area (Å²) < 4.78 is 5.23. The van der Waals surface area contributed by atoms with Gasteiger partial charge in [-0.1, -0.05) is 31.0 Å². The molecule has 0 amide bonds. The van der Waals surface area contributed by atoms with Crippen molar-refractivity contribution in [3.05, 3.63) is 41.5 Å². The summed E-state index contributed by atoms with van der Waals surface area (Å²) >= 11 is 0. The zero-order valence-corrected chi connectivity index (χ0v) is 11.8. The van der Waals surface area contributed by atoms with Crippen molar-refractivity contribution in [3.8, 4) is 0 Å². The molecule has 0 aliphatic carbocycles. The predicted octanol–water partition coefficient (Wildman–Crippen LogP) is 3.37. The normalized spacial score (nSPS) is 10.5. The Balaban J connectivity index is 2.24. The molecule has 4 nitrogen and oxygen atoms in total. The standard InChI is InChI=1S/C15H21O4/c1-4-5-8-17-9-10-18-19-15(16)14-7-6-12(2)11-13(14)3/h6-7,10-11H,4-5,8-9H2,1-3H3. The molecular weight excluding hydrogens is 244 g/mol. The van der Waals surface area contributed by atoms with Gasteiger partial charge in [0.2, 0.25) is 0 Å². The van der Waals surface area contributed by atoms with Crippen LogP contribution in [0.15, 0.2) is 18.2 Å². The zero-order chi connectivity index (χ0) is 14.1. The molecule has 0 fully saturated rings. The Hall–Kier alpha value is -1.39. The van der Waals surface area contributed by atoms with Gasteiger partial charge in [0.1, 0.15) is 0 Å². The molecule has 1 aromatic carbocycles. The van der Waals surface area contributed by atoms with Gasteiger partial charge in [0.05, 0.1) is 12.2 Å². The van der Waals surface area contributed by atoms with Gasteiger partial charge in [0, 0.05) is 6.61 Å². The van der Waals surface area contributed by atoms with E-state index in [9.17, 15) is 4.79 Å². The molecule has 0 spiro atoms. The van der Waals surface area contributed by atoms with Crippen molar-refractivity contribution >= 4 is 5.97 Å². The highest BCUT2D eigenvalue weighted by atomic mass is 17.2. The summed E-state index contributed by atoms with van der Waals surface area (Å²) in [6.45, 7) is 8.25. The van der Waals surface area contributed by atoms with E-state index in [4.69, 9.17) is 9.62 Å². The van der Waals surface area contributed by atoms with Gasteiger partial charge in [-0.05, 0) is 31.9 Å². The molecule has 0 saturated carbocycles. The van der Waals surface area contributed by atoms with E-state index in [1.165, 1.54) is 6.61 Å². The third-order valence-corrected chi connectivity index (χ3v) is 2.62. The van der Waals surface area contributed by atoms with Gasteiger partial charge < -0.3 is 4.74 Å². The maximum absolute atomic E-state index is 11.7. The Morgan fingerprint density at radius 1 is 1.32 bits per heavy atom. The Morgan fingerprint density at radius 3 is 2.79 bits per heavy atom. The van der Waals surface area contributed by atoms with Gasteiger partial charge in [-0.25, -0.2) is 4.79 Å². The number of benzene rings is 1. The number of hydrogen-bond acceptors (Lipinski definition) is 4. The molecule has 19 heavy (non-hydrogen) atoms. The van der Waals surface area contributed by atoms with Crippen LogP contribution in [0.25, 0.3) is 0 Å². The smallest absolute Gasteiger partial charge is 0.373 e. The molecule has 0 saturated heterocycles. The van der Waals surface area contributed by atoms with E-state index in [-0.39, 0.29) is 0 Å². The number of carbonyl (C=O) groups is 1. The van der Waals surface area contributed by atoms with Gasteiger partial charge in [-0.3, -0.25) is 4.89 Å². The molecular formula is C15H21O4. The van der Waals surface area contributed by atoms with Crippen LogP contribution in [0.1, 0.15) is 41.3 Å². The van der Waals surface area contributed by atoms with Gasteiger partial charge in [0.25, 0.3) is 0 Å². The SMILES string of the molecule is CCCCOC[CH]OOC(=O)c1ccc(C)cc1C. The maximum atomic E-state index is 11.7. The van der Waals surface area contributed by atoms with Crippen molar-refractivity contribution in [2.45, 2.75) is 33.6 Å². The van der Waals surface area contributed by atoms with E-state index in [1.54, 1.807) is 6.07 Å². The number of ether oxygens (including phenoxy) is 1. The maximum Gasteiger partial charge on any atom is 0.373 e. The van der Waals surface area contributed by atoms with E-state index in [0.29, 0.717) is 18.8 Å². The minimum atomic E-state index is -0.498. The van der Waals surface area contributed by atoms with E-state index in [1.807, 2.05) is 26.0 Å².